The van der Waals surface area contributed by atoms with Crippen LogP contribution in [0.2, 0.25) is 0 Å². The van der Waals surface area contributed by atoms with Crippen molar-refractivity contribution in [2.75, 3.05) is 19.6 Å². The highest BCUT2D eigenvalue weighted by atomic mass is 16.1. The zero-order valence-corrected chi connectivity index (χ0v) is 15.9. The standard InChI is InChI=1S/C23H30N2O/c1-23(2,25-16-10-5-11-17-25)18-24-22(26)21(19-12-6-3-7-13-19)20-14-8-4-9-15-20/h3-4,6-9,12-15,21H,5,10-11,16-18H2,1-2H3,(H,24,26). The van der Waals surface area contributed by atoms with Crippen molar-refractivity contribution in [1.29, 1.82) is 0 Å². The first kappa shape index (κ1) is 18.7. The first-order valence-electron chi connectivity index (χ1n) is 9.70. The van der Waals surface area contributed by atoms with Crippen LogP contribution < -0.4 is 5.32 Å². The van der Waals surface area contributed by atoms with Crippen LogP contribution in [0.1, 0.15) is 50.2 Å². The van der Waals surface area contributed by atoms with E-state index in [4.69, 9.17) is 0 Å². The van der Waals surface area contributed by atoms with Crippen LogP contribution in [0, 0.1) is 0 Å². The van der Waals surface area contributed by atoms with Gasteiger partial charge in [-0.15, -0.1) is 0 Å². The fourth-order valence-corrected chi connectivity index (χ4v) is 3.80. The molecule has 1 aliphatic rings. The Morgan fingerprint density at radius 3 is 1.92 bits per heavy atom. The largest absolute Gasteiger partial charge is 0.353 e. The number of likely N-dealkylation sites (tertiary alicyclic amines) is 1. The maximum Gasteiger partial charge on any atom is 0.232 e. The van der Waals surface area contributed by atoms with Crippen LogP contribution in [-0.4, -0.2) is 36.0 Å². The Morgan fingerprint density at radius 2 is 1.42 bits per heavy atom. The molecule has 0 unspecified atom stereocenters. The first-order valence-corrected chi connectivity index (χ1v) is 9.70. The summed E-state index contributed by atoms with van der Waals surface area (Å²) in [5, 5.41) is 3.24. The topological polar surface area (TPSA) is 32.3 Å². The molecule has 0 spiro atoms. The van der Waals surface area contributed by atoms with Crippen LogP contribution in [0.5, 0.6) is 0 Å². The van der Waals surface area contributed by atoms with E-state index in [-0.39, 0.29) is 17.4 Å². The van der Waals surface area contributed by atoms with Crippen molar-refractivity contribution in [3.63, 3.8) is 0 Å². The van der Waals surface area contributed by atoms with E-state index in [2.05, 4.69) is 24.1 Å². The minimum absolute atomic E-state index is 0.0198. The van der Waals surface area contributed by atoms with Gasteiger partial charge in [0.15, 0.2) is 0 Å². The molecule has 3 nitrogen and oxygen atoms in total. The molecule has 0 aliphatic carbocycles. The van der Waals surface area contributed by atoms with Gasteiger partial charge in [0.1, 0.15) is 0 Å². The normalized spacial score (nSPS) is 15.8. The number of nitrogens with one attached hydrogen (secondary N) is 1. The van der Waals surface area contributed by atoms with Crippen LogP contribution in [-0.2, 0) is 4.79 Å². The predicted molar refractivity (Wildman–Crippen MR) is 107 cm³/mol. The fourth-order valence-electron chi connectivity index (χ4n) is 3.80. The molecule has 0 aromatic heterocycles. The number of rotatable bonds is 6. The Hall–Kier alpha value is -2.13. The lowest BCUT2D eigenvalue weighted by molar-refractivity contribution is -0.122. The Labute approximate surface area is 157 Å². The second kappa shape index (κ2) is 8.50. The highest BCUT2D eigenvalue weighted by Crippen LogP contribution is 2.25. The molecule has 1 N–H and O–H groups in total. The molecule has 0 atom stereocenters. The number of carbonyl (C=O) groups is 1. The second-order valence-corrected chi connectivity index (χ2v) is 7.83. The van der Waals surface area contributed by atoms with Gasteiger partial charge in [-0.3, -0.25) is 9.69 Å². The lowest BCUT2D eigenvalue weighted by Crippen LogP contribution is -2.53. The predicted octanol–water partition coefficient (Wildman–Crippen LogP) is 4.20. The van der Waals surface area contributed by atoms with Gasteiger partial charge in [0, 0.05) is 12.1 Å². The molecule has 1 saturated heterocycles. The summed E-state index contributed by atoms with van der Waals surface area (Å²) < 4.78 is 0. The van der Waals surface area contributed by atoms with E-state index in [0.717, 1.165) is 24.2 Å². The molecule has 1 heterocycles. The smallest absolute Gasteiger partial charge is 0.232 e. The van der Waals surface area contributed by atoms with E-state index in [1.54, 1.807) is 0 Å². The average Bonchev–Trinajstić information content (AvgIpc) is 2.69. The highest BCUT2D eigenvalue weighted by molar-refractivity contribution is 5.87. The van der Waals surface area contributed by atoms with E-state index in [1.165, 1.54) is 19.3 Å². The van der Waals surface area contributed by atoms with Gasteiger partial charge < -0.3 is 5.32 Å². The third-order valence-corrected chi connectivity index (χ3v) is 5.44. The number of benzene rings is 2. The lowest BCUT2D eigenvalue weighted by atomic mass is 9.90. The summed E-state index contributed by atoms with van der Waals surface area (Å²) in [6.45, 7) is 7.40. The van der Waals surface area contributed by atoms with Crippen LogP contribution in [0.3, 0.4) is 0 Å². The van der Waals surface area contributed by atoms with Gasteiger partial charge >= 0.3 is 0 Å². The number of hydrogen-bond acceptors (Lipinski definition) is 2. The number of piperidine rings is 1. The van der Waals surface area contributed by atoms with E-state index in [1.807, 2.05) is 60.7 Å². The fraction of sp³-hybridized carbons (Fsp3) is 0.435. The minimum atomic E-state index is -0.269. The maximum absolute atomic E-state index is 13.1. The van der Waals surface area contributed by atoms with Crippen molar-refractivity contribution < 1.29 is 4.79 Å². The third-order valence-electron chi connectivity index (χ3n) is 5.44. The van der Waals surface area contributed by atoms with Crippen molar-refractivity contribution in [3.8, 4) is 0 Å². The molecule has 26 heavy (non-hydrogen) atoms. The molecular formula is C23H30N2O. The van der Waals surface area contributed by atoms with E-state index in [0.29, 0.717) is 6.54 Å². The number of hydrogen-bond donors (Lipinski definition) is 1. The zero-order valence-electron chi connectivity index (χ0n) is 15.9. The molecule has 1 aliphatic heterocycles. The minimum Gasteiger partial charge on any atom is -0.353 e. The molecule has 0 saturated carbocycles. The molecule has 0 bridgehead atoms. The van der Waals surface area contributed by atoms with Crippen molar-refractivity contribution in [1.82, 2.24) is 10.2 Å². The summed E-state index contributed by atoms with van der Waals surface area (Å²) in [7, 11) is 0. The molecular weight excluding hydrogens is 320 g/mol. The molecule has 1 amide bonds. The Bertz CT molecular complexity index is 651. The van der Waals surface area contributed by atoms with Crippen LogP contribution in [0.4, 0.5) is 0 Å². The monoisotopic (exact) mass is 350 g/mol. The summed E-state index contributed by atoms with van der Waals surface area (Å²) in [5.41, 5.74) is 2.05. The molecule has 3 heteroatoms. The average molecular weight is 351 g/mol. The molecule has 2 aromatic rings. The Morgan fingerprint density at radius 1 is 0.923 bits per heavy atom. The van der Waals surface area contributed by atoms with Crippen LogP contribution >= 0.6 is 0 Å². The molecule has 2 aromatic carbocycles. The number of nitrogens with zero attached hydrogens (tertiary/aromatic N) is 1. The van der Waals surface area contributed by atoms with Gasteiger partial charge in [-0.2, -0.15) is 0 Å². The molecule has 0 radical (unpaired) electrons. The summed E-state index contributed by atoms with van der Waals surface area (Å²) in [6, 6.07) is 20.1. The Kier molecular flexibility index (Phi) is 6.10. The van der Waals surface area contributed by atoms with Gasteiger partial charge in [-0.25, -0.2) is 0 Å². The van der Waals surface area contributed by atoms with E-state index >= 15 is 0 Å². The Balaban J connectivity index is 1.74. The van der Waals surface area contributed by atoms with Gasteiger partial charge in [-0.1, -0.05) is 67.1 Å². The molecule has 1 fully saturated rings. The van der Waals surface area contributed by atoms with Crippen LogP contribution in [0.25, 0.3) is 0 Å². The summed E-state index contributed by atoms with van der Waals surface area (Å²) in [6.07, 6.45) is 3.84. The van der Waals surface area contributed by atoms with E-state index in [9.17, 15) is 4.79 Å². The SMILES string of the molecule is CC(C)(CNC(=O)C(c1ccccc1)c1ccccc1)N1CCCCC1. The lowest BCUT2D eigenvalue weighted by Gasteiger charge is -2.41. The molecule has 3 rings (SSSR count). The van der Waals surface area contributed by atoms with Crippen molar-refractivity contribution in [2.24, 2.45) is 0 Å². The number of carbonyl (C=O) groups excluding carboxylic acids is 1. The van der Waals surface area contributed by atoms with Gasteiger partial charge in [0.2, 0.25) is 5.91 Å². The van der Waals surface area contributed by atoms with Crippen molar-refractivity contribution in [2.45, 2.75) is 44.6 Å². The molecule has 138 valence electrons. The van der Waals surface area contributed by atoms with Gasteiger partial charge in [-0.05, 0) is 50.9 Å². The first-order chi connectivity index (χ1) is 12.6. The van der Waals surface area contributed by atoms with Crippen molar-refractivity contribution >= 4 is 5.91 Å². The van der Waals surface area contributed by atoms with Gasteiger partial charge in [0.25, 0.3) is 0 Å². The van der Waals surface area contributed by atoms with Crippen molar-refractivity contribution in [3.05, 3.63) is 71.8 Å². The quantitative estimate of drug-likeness (QED) is 0.847. The second-order valence-electron chi connectivity index (χ2n) is 7.83. The van der Waals surface area contributed by atoms with Crippen LogP contribution in [0.15, 0.2) is 60.7 Å². The zero-order chi connectivity index (χ0) is 18.4. The number of amides is 1. The summed E-state index contributed by atoms with van der Waals surface area (Å²) in [5.74, 6) is -0.193. The highest BCUT2D eigenvalue weighted by Gasteiger charge is 2.30. The summed E-state index contributed by atoms with van der Waals surface area (Å²) in [4.78, 5) is 15.7. The van der Waals surface area contributed by atoms with E-state index < -0.39 is 0 Å². The van der Waals surface area contributed by atoms with Gasteiger partial charge in [0.05, 0.1) is 5.92 Å². The maximum atomic E-state index is 13.1. The summed E-state index contributed by atoms with van der Waals surface area (Å²) >= 11 is 0. The third kappa shape index (κ3) is 4.53.